The SMILES string of the molecule is CC(=O)O[C@@H]1[C@@H](OC(=O)c2ccc(Cl)cc2)C=C2CCN3Cc4cc5c(cc4[C@H]1C23)OCO5. The van der Waals surface area contributed by atoms with Gasteiger partial charge in [-0.05, 0) is 60.0 Å². The lowest BCUT2D eigenvalue weighted by molar-refractivity contribution is -0.154. The third kappa shape index (κ3) is 3.47. The van der Waals surface area contributed by atoms with Gasteiger partial charge in [0.1, 0.15) is 0 Å². The molecule has 8 heteroatoms. The highest BCUT2D eigenvalue weighted by Gasteiger charge is 2.52. The van der Waals surface area contributed by atoms with Crippen LogP contribution in [-0.4, -0.2) is 48.4 Å². The van der Waals surface area contributed by atoms with Gasteiger partial charge in [-0.2, -0.15) is 0 Å². The van der Waals surface area contributed by atoms with Crippen molar-refractivity contribution < 1.29 is 28.5 Å². The van der Waals surface area contributed by atoms with Gasteiger partial charge >= 0.3 is 11.9 Å². The molecule has 0 amide bonds. The molecule has 3 heterocycles. The van der Waals surface area contributed by atoms with E-state index >= 15 is 0 Å². The van der Waals surface area contributed by atoms with Crippen molar-refractivity contribution >= 4 is 23.5 Å². The van der Waals surface area contributed by atoms with E-state index in [4.69, 9.17) is 30.5 Å². The number of benzene rings is 2. The molecule has 170 valence electrons. The fraction of sp³-hybridized carbons (Fsp3) is 0.360. The Kier molecular flexibility index (Phi) is 4.85. The van der Waals surface area contributed by atoms with Gasteiger partial charge in [0.05, 0.1) is 5.56 Å². The maximum atomic E-state index is 12.9. The average Bonchev–Trinajstić information content (AvgIpc) is 3.41. The van der Waals surface area contributed by atoms with E-state index in [1.54, 1.807) is 24.3 Å². The number of ether oxygens (including phenoxy) is 4. The molecule has 0 radical (unpaired) electrons. The minimum atomic E-state index is -0.704. The zero-order valence-electron chi connectivity index (χ0n) is 18.0. The normalized spacial score (nSPS) is 26.8. The molecule has 1 aliphatic carbocycles. The molecule has 6 rings (SSSR count). The fourth-order valence-electron chi connectivity index (χ4n) is 5.52. The predicted octanol–water partition coefficient (Wildman–Crippen LogP) is 3.84. The van der Waals surface area contributed by atoms with Crippen molar-refractivity contribution in [3.63, 3.8) is 0 Å². The van der Waals surface area contributed by atoms with Crippen LogP contribution in [0.3, 0.4) is 0 Å². The van der Waals surface area contributed by atoms with Crippen LogP contribution in [0.15, 0.2) is 48.0 Å². The summed E-state index contributed by atoms with van der Waals surface area (Å²) in [6, 6.07) is 10.6. The second-order valence-corrected chi connectivity index (χ2v) is 9.22. The van der Waals surface area contributed by atoms with E-state index in [-0.39, 0.29) is 18.8 Å². The largest absolute Gasteiger partial charge is 0.458 e. The molecule has 0 aromatic heterocycles. The van der Waals surface area contributed by atoms with Crippen LogP contribution in [0, 0.1) is 0 Å². The standard InChI is InChI=1S/C25H22ClNO6/c1-13(28)32-24-21(33-25(29)14-2-4-17(26)5-3-14)8-15-6-7-27-11-16-9-19-20(31-12-30-19)10-18(16)22(24)23(15)27/h2-5,8-10,21-24H,6-7,11-12H2,1H3/t21-,22-,23?,24+/m0/s1. The number of halogens is 1. The predicted molar refractivity (Wildman–Crippen MR) is 118 cm³/mol. The summed E-state index contributed by atoms with van der Waals surface area (Å²) < 4.78 is 23.0. The lowest BCUT2D eigenvalue weighted by Gasteiger charge is -2.46. The Morgan fingerprint density at radius 3 is 2.61 bits per heavy atom. The van der Waals surface area contributed by atoms with Crippen LogP contribution in [0.2, 0.25) is 5.02 Å². The smallest absolute Gasteiger partial charge is 0.338 e. The molecule has 7 nitrogen and oxygen atoms in total. The molecule has 33 heavy (non-hydrogen) atoms. The molecule has 2 aromatic carbocycles. The van der Waals surface area contributed by atoms with E-state index in [2.05, 4.69) is 4.90 Å². The lowest BCUT2D eigenvalue weighted by Crippen LogP contribution is -2.52. The molecule has 0 N–H and O–H groups in total. The Labute approximate surface area is 195 Å². The van der Waals surface area contributed by atoms with Crippen molar-refractivity contribution in [1.29, 1.82) is 0 Å². The molecule has 0 spiro atoms. The summed E-state index contributed by atoms with van der Waals surface area (Å²) in [6.45, 7) is 3.25. The summed E-state index contributed by atoms with van der Waals surface area (Å²) in [5.41, 5.74) is 3.76. The Balaban J connectivity index is 1.41. The number of carbonyl (C=O) groups is 2. The molecular weight excluding hydrogens is 446 g/mol. The lowest BCUT2D eigenvalue weighted by atomic mass is 9.73. The van der Waals surface area contributed by atoms with E-state index in [1.807, 2.05) is 18.2 Å². The number of hydrogen-bond acceptors (Lipinski definition) is 7. The van der Waals surface area contributed by atoms with E-state index in [1.165, 1.54) is 12.5 Å². The highest BCUT2D eigenvalue weighted by molar-refractivity contribution is 6.30. The first-order chi connectivity index (χ1) is 16.0. The highest BCUT2D eigenvalue weighted by Crippen LogP contribution is 2.50. The van der Waals surface area contributed by atoms with E-state index in [0.717, 1.165) is 36.4 Å². The Morgan fingerprint density at radius 1 is 1.09 bits per heavy atom. The first-order valence-corrected chi connectivity index (χ1v) is 11.4. The Hall–Kier alpha value is -3.03. The van der Waals surface area contributed by atoms with Gasteiger partial charge in [0, 0.05) is 37.0 Å². The average molecular weight is 468 g/mol. The van der Waals surface area contributed by atoms with Crippen LogP contribution in [0.1, 0.15) is 40.7 Å². The molecule has 1 fully saturated rings. The third-order valence-corrected chi connectivity index (χ3v) is 7.10. The van der Waals surface area contributed by atoms with Gasteiger partial charge in [0.25, 0.3) is 0 Å². The second-order valence-electron chi connectivity index (χ2n) is 8.79. The summed E-state index contributed by atoms with van der Waals surface area (Å²) >= 11 is 5.95. The van der Waals surface area contributed by atoms with Gasteiger partial charge < -0.3 is 18.9 Å². The van der Waals surface area contributed by atoms with E-state index < -0.39 is 24.1 Å². The minimum absolute atomic E-state index is 0.0905. The molecule has 3 aliphatic heterocycles. The van der Waals surface area contributed by atoms with E-state index in [9.17, 15) is 9.59 Å². The maximum Gasteiger partial charge on any atom is 0.338 e. The van der Waals surface area contributed by atoms with Gasteiger partial charge in [0.2, 0.25) is 6.79 Å². The number of esters is 2. The van der Waals surface area contributed by atoms with Crippen LogP contribution in [-0.2, 0) is 20.8 Å². The van der Waals surface area contributed by atoms with Crippen molar-refractivity contribution in [2.45, 2.75) is 44.1 Å². The molecule has 0 bridgehead atoms. The second kappa shape index (κ2) is 7.78. The quantitative estimate of drug-likeness (QED) is 0.501. The summed E-state index contributed by atoms with van der Waals surface area (Å²) in [6.07, 6.45) is 1.49. The van der Waals surface area contributed by atoms with Gasteiger partial charge in [-0.25, -0.2) is 4.79 Å². The van der Waals surface area contributed by atoms with Crippen LogP contribution < -0.4 is 9.47 Å². The number of rotatable bonds is 3. The molecule has 4 aliphatic rings. The summed E-state index contributed by atoms with van der Waals surface area (Å²) in [5, 5.41) is 0.538. The van der Waals surface area contributed by atoms with Gasteiger partial charge in [-0.3, -0.25) is 9.69 Å². The minimum Gasteiger partial charge on any atom is -0.458 e. The molecule has 4 atom stereocenters. The van der Waals surface area contributed by atoms with Gasteiger partial charge in [0.15, 0.2) is 23.7 Å². The monoisotopic (exact) mass is 467 g/mol. The molecular formula is C25H22ClNO6. The zero-order valence-corrected chi connectivity index (χ0v) is 18.7. The number of fused-ring (bicyclic) bond motifs is 3. The Bertz CT molecular complexity index is 1180. The number of hydrogen-bond donors (Lipinski definition) is 0. The third-order valence-electron chi connectivity index (χ3n) is 6.85. The highest BCUT2D eigenvalue weighted by atomic mass is 35.5. The Morgan fingerprint density at radius 2 is 1.85 bits per heavy atom. The number of carbonyl (C=O) groups excluding carboxylic acids is 2. The first-order valence-electron chi connectivity index (χ1n) is 11.0. The van der Waals surface area contributed by atoms with Crippen LogP contribution in [0.4, 0.5) is 0 Å². The maximum absolute atomic E-state index is 12.9. The van der Waals surface area contributed by atoms with Crippen molar-refractivity contribution in [3.05, 3.63) is 69.8 Å². The first kappa shape index (κ1) is 20.6. The van der Waals surface area contributed by atoms with Crippen molar-refractivity contribution in [1.82, 2.24) is 4.90 Å². The van der Waals surface area contributed by atoms with Crippen molar-refractivity contribution in [2.75, 3.05) is 13.3 Å². The van der Waals surface area contributed by atoms with Crippen LogP contribution in [0.25, 0.3) is 0 Å². The number of nitrogens with zero attached hydrogens (tertiary/aromatic N) is 1. The van der Waals surface area contributed by atoms with E-state index in [0.29, 0.717) is 16.3 Å². The van der Waals surface area contributed by atoms with Gasteiger partial charge in [-0.15, -0.1) is 0 Å². The fourth-order valence-corrected chi connectivity index (χ4v) is 5.65. The van der Waals surface area contributed by atoms with Crippen LogP contribution >= 0.6 is 11.6 Å². The van der Waals surface area contributed by atoms with Crippen molar-refractivity contribution in [2.24, 2.45) is 0 Å². The van der Waals surface area contributed by atoms with Crippen LogP contribution in [0.5, 0.6) is 11.5 Å². The summed E-state index contributed by atoms with van der Waals surface area (Å²) in [5.74, 6) is 0.334. The molecule has 1 unspecified atom stereocenters. The summed E-state index contributed by atoms with van der Waals surface area (Å²) in [4.78, 5) is 27.5. The van der Waals surface area contributed by atoms with Gasteiger partial charge in [-0.1, -0.05) is 17.2 Å². The molecule has 2 aromatic rings. The summed E-state index contributed by atoms with van der Waals surface area (Å²) in [7, 11) is 0. The topological polar surface area (TPSA) is 74.3 Å². The zero-order chi connectivity index (χ0) is 22.7. The molecule has 0 saturated carbocycles. The van der Waals surface area contributed by atoms with Crippen molar-refractivity contribution in [3.8, 4) is 11.5 Å². The molecule has 1 saturated heterocycles.